The highest BCUT2D eigenvalue weighted by Gasteiger charge is 2.31. The maximum absolute atomic E-state index is 12.0. The molecule has 1 amide bonds. The van der Waals surface area contributed by atoms with Crippen molar-refractivity contribution in [2.75, 3.05) is 4.90 Å². The smallest absolute Gasteiger partial charge is 0.270 e. The maximum Gasteiger partial charge on any atom is 0.270 e. The first-order valence-corrected chi connectivity index (χ1v) is 8.79. The second kappa shape index (κ2) is 6.86. The van der Waals surface area contributed by atoms with Crippen LogP contribution in [-0.2, 0) is 11.4 Å². The van der Waals surface area contributed by atoms with Gasteiger partial charge in [0.2, 0.25) is 0 Å². The van der Waals surface area contributed by atoms with E-state index in [1.54, 1.807) is 0 Å². The fraction of sp³-hybridized carbons (Fsp3) is 0.0588. The van der Waals surface area contributed by atoms with Crippen LogP contribution in [0.15, 0.2) is 64.5 Å². The number of thioether (sulfide) groups is 1. The molecule has 0 bridgehead atoms. The molecule has 1 aliphatic rings. The Morgan fingerprint density at radius 2 is 1.78 bits per heavy atom. The van der Waals surface area contributed by atoms with Crippen molar-refractivity contribution in [3.63, 3.8) is 0 Å². The average Bonchev–Trinajstić information content (AvgIpc) is 2.80. The molecule has 1 fully saturated rings. The van der Waals surface area contributed by atoms with Gasteiger partial charge in [-0.05, 0) is 42.0 Å². The van der Waals surface area contributed by atoms with E-state index < -0.39 is 0 Å². The number of rotatable bonds is 4. The van der Waals surface area contributed by atoms with Gasteiger partial charge in [-0.2, -0.15) is 0 Å². The summed E-state index contributed by atoms with van der Waals surface area (Å²) in [5, 5.41) is 0. The molecule has 2 aromatic rings. The van der Waals surface area contributed by atoms with Crippen molar-refractivity contribution >= 4 is 55.8 Å². The molecule has 3 nitrogen and oxygen atoms in total. The second-order valence-electron chi connectivity index (χ2n) is 4.84. The first-order valence-electron chi connectivity index (χ1n) is 6.77. The van der Waals surface area contributed by atoms with Crippen LogP contribution in [0.3, 0.4) is 0 Å². The van der Waals surface area contributed by atoms with Gasteiger partial charge >= 0.3 is 0 Å². The molecule has 0 radical (unpaired) electrons. The molecule has 0 N–H and O–H groups in total. The molecule has 23 heavy (non-hydrogen) atoms. The Kier molecular flexibility index (Phi) is 4.84. The minimum atomic E-state index is -0.163. The summed E-state index contributed by atoms with van der Waals surface area (Å²) in [5.41, 5.74) is 1.81. The lowest BCUT2D eigenvalue weighted by atomic mass is 10.2. The lowest BCUT2D eigenvalue weighted by Gasteiger charge is -2.15. The highest BCUT2D eigenvalue weighted by Crippen LogP contribution is 2.34. The Morgan fingerprint density at radius 1 is 1.13 bits per heavy atom. The van der Waals surface area contributed by atoms with Crippen molar-refractivity contribution in [1.82, 2.24) is 0 Å². The lowest BCUT2D eigenvalue weighted by Crippen LogP contribution is -2.27. The van der Waals surface area contributed by atoms with Gasteiger partial charge in [-0.3, -0.25) is 9.69 Å². The van der Waals surface area contributed by atoms with Gasteiger partial charge in [0.15, 0.2) is 4.32 Å². The summed E-state index contributed by atoms with van der Waals surface area (Å²) in [4.78, 5) is 14.0. The zero-order chi connectivity index (χ0) is 16.4. The summed E-state index contributed by atoms with van der Waals surface area (Å²) in [6.07, 6.45) is 0. The summed E-state index contributed by atoms with van der Waals surface area (Å²) in [7, 11) is 0. The topological polar surface area (TPSA) is 29.5 Å². The Labute approximate surface area is 152 Å². The summed E-state index contributed by atoms with van der Waals surface area (Å²) < 4.78 is 7.29. The normalized spacial score (nSPS) is 14.5. The summed E-state index contributed by atoms with van der Waals surface area (Å²) in [5.74, 6) is 0.573. The third kappa shape index (κ3) is 3.65. The standard InChI is InChI=1S/C17H12BrNO2S2/c1-11-16(20)19(17(22)23-11)14-6-8-15(9-7-14)21-10-12-2-4-13(18)5-3-12/h2-9H,1,10H2. The van der Waals surface area contributed by atoms with E-state index in [0.717, 1.165) is 21.5 Å². The predicted molar refractivity (Wildman–Crippen MR) is 102 cm³/mol. The van der Waals surface area contributed by atoms with E-state index in [1.165, 1.54) is 16.7 Å². The highest BCUT2D eigenvalue weighted by atomic mass is 79.9. The van der Waals surface area contributed by atoms with E-state index >= 15 is 0 Å². The molecular weight excluding hydrogens is 394 g/mol. The molecule has 6 heteroatoms. The largest absolute Gasteiger partial charge is 0.489 e. The number of halogens is 1. The van der Waals surface area contributed by atoms with Gasteiger partial charge in [0, 0.05) is 4.47 Å². The van der Waals surface area contributed by atoms with Crippen LogP contribution in [0.1, 0.15) is 5.56 Å². The fourth-order valence-electron chi connectivity index (χ4n) is 2.06. The Hall–Kier alpha value is -1.63. The van der Waals surface area contributed by atoms with Crippen molar-refractivity contribution in [3.8, 4) is 5.75 Å². The van der Waals surface area contributed by atoms with Gasteiger partial charge in [-0.1, -0.05) is 58.6 Å². The Morgan fingerprint density at radius 3 is 2.35 bits per heavy atom. The molecule has 0 unspecified atom stereocenters. The number of ether oxygens (including phenoxy) is 1. The van der Waals surface area contributed by atoms with Crippen molar-refractivity contribution in [3.05, 3.63) is 70.1 Å². The zero-order valence-corrected chi connectivity index (χ0v) is 15.2. The molecule has 3 rings (SSSR count). The molecule has 116 valence electrons. The third-order valence-corrected chi connectivity index (χ3v) is 4.99. The van der Waals surface area contributed by atoms with Crippen LogP contribution in [0.2, 0.25) is 0 Å². The summed E-state index contributed by atoms with van der Waals surface area (Å²) in [6, 6.07) is 15.3. The van der Waals surface area contributed by atoms with Gasteiger partial charge in [0.25, 0.3) is 5.91 Å². The lowest BCUT2D eigenvalue weighted by molar-refractivity contribution is -0.113. The van der Waals surface area contributed by atoms with Crippen LogP contribution >= 0.6 is 39.9 Å². The number of benzene rings is 2. The monoisotopic (exact) mass is 405 g/mol. The molecule has 0 aromatic heterocycles. The van der Waals surface area contributed by atoms with E-state index in [2.05, 4.69) is 22.5 Å². The highest BCUT2D eigenvalue weighted by molar-refractivity contribution is 9.10. The molecule has 1 aliphatic heterocycles. The number of amides is 1. The average molecular weight is 406 g/mol. The van der Waals surface area contributed by atoms with Crippen LogP contribution in [0.5, 0.6) is 5.75 Å². The Balaban J connectivity index is 1.67. The zero-order valence-electron chi connectivity index (χ0n) is 12.0. The van der Waals surface area contributed by atoms with Crippen LogP contribution in [-0.4, -0.2) is 10.2 Å². The third-order valence-electron chi connectivity index (χ3n) is 3.25. The van der Waals surface area contributed by atoms with Crippen molar-refractivity contribution in [2.24, 2.45) is 0 Å². The number of nitrogens with zero attached hydrogens (tertiary/aromatic N) is 1. The van der Waals surface area contributed by atoms with Gasteiger partial charge in [0.1, 0.15) is 12.4 Å². The van der Waals surface area contributed by atoms with E-state index in [9.17, 15) is 4.79 Å². The van der Waals surface area contributed by atoms with Gasteiger partial charge in [0.05, 0.1) is 10.6 Å². The molecule has 2 aromatic carbocycles. The van der Waals surface area contributed by atoms with E-state index in [1.807, 2.05) is 48.5 Å². The SMILES string of the molecule is C=C1SC(=S)N(c2ccc(OCc3ccc(Br)cc3)cc2)C1=O. The summed E-state index contributed by atoms with van der Waals surface area (Å²) in [6.45, 7) is 4.19. The molecule has 0 spiro atoms. The molecule has 0 atom stereocenters. The summed E-state index contributed by atoms with van der Waals surface area (Å²) >= 11 is 9.83. The molecular formula is C17H12BrNO2S2. The second-order valence-corrected chi connectivity index (χ2v) is 7.49. The number of hydrogen-bond donors (Lipinski definition) is 0. The fourth-order valence-corrected chi connectivity index (χ4v) is 3.49. The van der Waals surface area contributed by atoms with Crippen LogP contribution in [0, 0.1) is 0 Å². The number of hydrogen-bond acceptors (Lipinski definition) is 4. The number of carbonyl (C=O) groups excluding carboxylic acids is 1. The van der Waals surface area contributed by atoms with Crippen molar-refractivity contribution < 1.29 is 9.53 Å². The molecule has 0 saturated carbocycles. The van der Waals surface area contributed by atoms with E-state index in [4.69, 9.17) is 17.0 Å². The molecule has 1 heterocycles. The predicted octanol–water partition coefficient (Wildman–Crippen LogP) is 4.91. The number of thiocarbonyl (C=S) groups is 1. The van der Waals surface area contributed by atoms with Gasteiger partial charge in [-0.15, -0.1) is 0 Å². The van der Waals surface area contributed by atoms with Gasteiger partial charge < -0.3 is 4.74 Å². The maximum atomic E-state index is 12.0. The first kappa shape index (κ1) is 16.2. The first-order chi connectivity index (χ1) is 11.0. The van der Waals surface area contributed by atoms with Crippen LogP contribution in [0.4, 0.5) is 5.69 Å². The van der Waals surface area contributed by atoms with Crippen molar-refractivity contribution in [1.29, 1.82) is 0 Å². The van der Waals surface area contributed by atoms with Crippen LogP contribution in [0.25, 0.3) is 0 Å². The van der Waals surface area contributed by atoms with Crippen LogP contribution < -0.4 is 9.64 Å². The minimum absolute atomic E-state index is 0.163. The number of anilines is 1. The molecule has 0 aliphatic carbocycles. The molecule has 1 saturated heterocycles. The number of carbonyl (C=O) groups is 1. The van der Waals surface area contributed by atoms with E-state index in [0.29, 0.717) is 15.8 Å². The minimum Gasteiger partial charge on any atom is -0.489 e. The van der Waals surface area contributed by atoms with E-state index in [-0.39, 0.29) is 5.91 Å². The van der Waals surface area contributed by atoms with Gasteiger partial charge in [-0.25, -0.2) is 0 Å². The Bertz CT molecular complexity index is 772. The van der Waals surface area contributed by atoms with Crippen molar-refractivity contribution in [2.45, 2.75) is 6.61 Å². The quantitative estimate of drug-likeness (QED) is 0.533.